The van der Waals surface area contributed by atoms with E-state index in [9.17, 15) is 18.0 Å². The summed E-state index contributed by atoms with van der Waals surface area (Å²) in [5, 5.41) is 2.67. The van der Waals surface area contributed by atoms with Crippen LogP contribution < -0.4 is 5.32 Å². The number of hydrogen-bond acceptors (Lipinski definition) is 4. The van der Waals surface area contributed by atoms with Crippen molar-refractivity contribution >= 4 is 11.6 Å². The second kappa shape index (κ2) is 9.14. The van der Waals surface area contributed by atoms with Crippen molar-refractivity contribution in [3.8, 4) is 0 Å². The molecule has 150 valence electrons. The van der Waals surface area contributed by atoms with Gasteiger partial charge < -0.3 is 5.32 Å². The fourth-order valence-electron chi connectivity index (χ4n) is 3.44. The van der Waals surface area contributed by atoms with Gasteiger partial charge in [0.15, 0.2) is 0 Å². The third kappa shape index (κ3) is 6.02. The van der Waals surface area contributed by atoms with Gasteiger partial charge in [0.25, 0.3) is 0 Å². The van der Waals surface area contributed by atoms with E-state index in [4.69, 9.17) is 0 Å². The molecule has 1 fully saturated rings. The maximum absolute atomic E-state index is 12.6. The highest BCUT2D eigenvalue weighted by Gasteiger charge is 2.30. The summed E-state index contributed by atoms with van der Waals surface area (Å²) in [7, 11) is 0. The normalized spacial score (nSPS) is 18.0. The Hall–Kier alpha value is -2.48. The van der Waals surface area contributed by atoms with E-state index >= 15 is 0 Å². The lowest BCUT2D eigenvalue weighted by molar-refractivity contribution is -0.137. The molecule has 1 aliphatic heterocycles. The van der Waals surface area contributed by atoms with Crippen molar-refractivity contribution in [2.45, 2.75) is 38.4 Å². The van der Waals surface area contributed by atoms with E-state index in [1.807, 2.05) is 0 Å². The molecule has 1 saturated heterocycles. The van der Waals surface area contributed by atoms with Crippen molar-refractivity contribution in [2.75, 3.05) is 18.4 Å². The summed E-state index contributed by atoms with van der Waals surface area (Å²) >= 11 is 0. The van der Waals surface area contributed by atoms with Gasteiger partial charge in [-0.05, 0) is 62.1 Å². The van der Waals surface area contributed by atoms with Crippen LogP contribution in [0.5, 0.6) is 0 Å². The molecule has 0 saturated carbocycles. The lowest BCUT2D eigenvalue weighted by Gasteiger charge is -2.32. The van der Waals surface area contributed by atoms with Gasteiger partial charge in [-0.3, -0.25) is 9.69 Å². The summed E-state index contributed by atoms with van der Waals surface area (Å²) in [5.41, 5.74) is -0.348. The molecule has 0 bridgehead atoms. The minimum absolute atomic E-state index is 0.178. The van der Waals surface area contributed by atoms with Crippen LogP contribution in [0, 0.1) is 5.92 Å². The van der Waals surface area contributed by atoms with Gasteiger partial charge in [0, 0.05) is 31.0 Å². The number of nitrogens with one attached hydrogen (secondary N) is 1. The molecule has 1 N–H and O–H groups in total. The number of alkyl halides is 3. The zero-order valence-electron chi connectivity index (χ0n) is 15.5. The minimum Gasteiger partial charge on any atom is -0.326 e. The number of aromatic nitrogens is 2. The largest absolute Gasteiger partial charge is 0.416 e. The molecule has 3 rings (SSSR count). The fraction of sp³-hybridized carbons (Fsp3) is 0.450. The summed E-state index contributed by atoms with van der Waals surface area (Å²) < 4.78 is 37.7. The van der Waals surface area contributed by atoms with Gasteiger partial charge in [0.2, 0.25) is 5.91 Å². The Kier molecular flexibility index (Phi) is 6.61. The van der Waals surface area contributed by atoms with Crippen molar-refractivity contribution in [1.29, 1.82) is 0 Å². The standard InChI is InChI=1S/C20H23F3N4O/c21-20(22,23)16-5-7-17(8-6-16)26-19(28)9-4-15-3-1-12-27(13-15)14-18-24-10-2-11-25-18/h2,5-8,10-11,15H,1,3-4,9,12-14H2,(H,26,28)/t15-/m0/s1. The number of likely N-dealkylation sites (tertiary alicyclic amines) is 1. The first kappa shape index (κ1) is 20.3. The zero-order chi connectivity index (χ0) is 20.0. The average molecular weight is 392 g/mol. The predicted molar refractivity (Wildman–Crippen MR) is 99.3 cm³/mol. The van der Waals surface area contributed by atoms with Crippen LogP contribution in [0.25, 0.3) is 0 Å². The van der Waals surface area contributed by atoms with Crippen LogP contribution in [0.3, 0.4) is 0 Å². The summed E-state index contributed by atoms with van der Waals surface area (Å²) in [6.45, 7) is 2.59. The first-order valence-electron chi connectivity index (χ1n) is 9.35. The predicted octanol–water partition coefficient (Wildman–Crippen LogP) is 4.13. The van der Waals surface area contributed by atoms with Gasteiger partial charge in [-0.2, -0.15) is 13.2 Å². The molecule has 0 aliphatic carbocycles. The molecule has 2 heterocycles. The highest BCUT2D eigenvalue weighted by molar-refractivity contribution is 5.90. The molecule has 0 unspecified atom stereocenters. The Bertz CT molecular complexity index is 765. The second-order valence-corrected chi connectivity index (χ2v) is 7.07. The fourth-order valence-corrected chi connectivity index (χ4v) is 3.44. The Morgan fingerprint density at radius 3 is 2.57 bits per heavy atom. The van der Waals surface area contributed by atoms with Gasteiger partial charge in [-0.15, -0.1) is 0 Å². The van der Waals surface area contributed by atoms with Crippen molar-refractivity contribution < 1.29 is 18.0 Å². The summed E-state index contributed by atoms with van der Waals surface area (Å²) in [5.74, 6) is 1.03. The van der Waals surface area contributed by atoms with E-state index in [2.05, 4.69) is 20.2 Å². The Balaban J connectivity index is 1.43. The van der Waals surface area contributed by atoms with Crippen LogP contribution in [0.15, 0.2) is 42.7 Å². The van der Waals surface area contributed by atoms with Crippen LogP contribution in [0.2, 0.25) is 0 Å². The highest BCUT2D eigenvalue weighted by atomic mass is 19.4. The lowest BCUT2D eigenvalue weighted by atomic mass is 9.93. The van der Waals surface area contributed by atoms with Crippen LogP contribution in [-0.4, -0.2) is 33.9 Å². The molecule has 0 radical (unpaired) electrons. The number of carbonyl (C=O) groups excluding carboxylic acids is 1. The van der Waals surface area contributed by atoms with E-state index in [1.165, 1.54) is 12.1 Å². The number of carbonyl (C=O) groups is 1. The third-order valence-corrected chi connectivity index (χ3v) is 4.86. The number of anilines is 1. The summed E-state index contributed by atoms with van der Waals surface area (Å²) in [4.78, 5) is 23.0. The monoisotopic (exact) mass is 392 g/mol. The molecule has 1 aromatic carbocycles. The third-order valence-electron chi connectivity index (χ3n) is 4.86. The number of piperidine rings is 1. The number of hydrogen-bond donors (Lipinski definition) is 1. The van der Waals surface area contributed by atoms with E-state index in [1.54, 1.807) is 18.5 Å². The highest BCUT2D eigenvalue weighted by Crippen LogP contribution is 2.30. The zero-order valence-corrected chi connectivity index (χ0v) is 15.5. The summed E-state index contributed by atoms with van der Waals surface area (Å²) in [6, 6.07) is 6.30. The molecule has 0 spiro atoms. The van der Waals surface area contributed by atoms with E-state index < -0.39 is 11.7 Å². The van der Waals surface area contributed by atoms with Gasteiger partial charge >= 0.3 is 6.18 Å². The number of rotatable bonds is 6. The van der Waals surface area contributed by atoms with Crippen LogP contribution >= 0.6 is 0 Å². The number of amides is 1. The quantitative estimate of drug-likeness (QED) is 0.803. The molecular formula is C20H23F3N4O. The van der Waals surface area contributed by atoms with E-state index in [0.29, 0.717) is 24.6 Å². The molecular weight excluding hydrogens is 369 g/mol. The minimum atomic E-state index is -4.37. The van der Waals surface area contributed by atoms with Gasteiger partial charge in [-0.25, -0.2) is 9.97 Å². The molecule has 1 amide bonds. The molecule has 5 nitrogen and oxygen atoms in total. The molecule has 1 atom stereocenters. The first-order chi connectivity index (χ1) is 13.4. The Morgan fingerprint density at radius 2 is 1.89 bits per heavy atom. The Morgan fingerprint density at radius 1 is 1.18 bits per heavy atom. The smallest absolute Gasteiger partial charge is 0.326 e. The average Bonchev–Trinajstić information content (AvgIpc) is 2.67. The maximum Gasteiger partial charge on any atom is 0.416 e. The van der Waals surface area contributed by atoms with Gasteiger partial charge in [-0.1, -0.05) is 0 Å². The van der Waals surface area contributed by atoms with E-state index in [-0.39, 0.29) is 5.91 Å². The molecule has 1 aliphatic rings. The van der Waals surface area contributed by atoms with Gasteiger partial charge in [0.05, 0.1) is 12.1 Å². The van der Waals surface area contributed by atoms with Gasteiger partial charge in [0.1, 0.15) is 5.82 Å². The molecule has 2 aromatic rings. The topological polar surface area (TPSA) is 58.1 Å². The molecule has 28 heavy (non-hydrogen) atoms. The van der Waals surface area contributed by atoms with E-state index in [0.717, 1.165) is 50.3 Å². The second-order valence-electron chi connectivity index (χ2n) is 7.07. The van der Waals surface area contributed by atoms with Crippen molar-refractivity contribution in [2.24, 2.45) is 5.92 Å². The van der Waals surface area contributed by atoms with Crippen molar-refractivity contribution in [1.82, 2.24) is 14.9 Å². The molecule has 8 heteroatoms. The lowest BCUT2D eigenvalue weighted by Crippen LogP contribution is -2.35. The number of halogens is 3. The summed E-state index contributed by atoms with van der Waals surface area (Å²) in [6.07, 6.45) is 2.32. The number of benzene rings is 1. The van der Waals surface area contributed by atoms with Crippen LogP contribution in [0.1, 0.15) is 37.1 Å². The van der Waals surface area contributed by atoms with Crippen molar-refractivity contribution in [3.63, 3.8) is 0 Å². The SMILES string of the molecule is O=C(CC[C@@H]1CCCN(Cc2ncccn2)C1)Nc1ccc(C(F)(F)F)cc1. The van der Waals surface area contributed by atoms with Crippen LogP contribution in [0.4, 0.5) is 18.9 Å². The van der Waals surface area contributed by atoms with Crippen LogP contribution in [-0.2, 0) is 17.5 Å². The number of nitrogens with zero attached hydrogens (tertiary/aromatic N) is 3. The van der Waals surface area contributed by atoms with Crippen molar-refractivity contribution in [3.05, 3.63) is 54.1 Å². The Labute approximate surface area is 162 Å². The molecule has 1 aromatic heterocycles. The first-order valence-corrected chi connectivity index (χ1v) is 9.35. The maximum atomic E-state index is 12.6.